The second kappa shape index (κ2) is 9.01. The van der Waals surface area contributed by atoms with Crippen LogP contribution in [-0.4, -0.2) is 49.6 Å². The average molecular weight is 352 g/mol. The topological polar surface area (TPSA) is 80.0 Å². The number of morpholine rings is 1. The van der Waals surface area contributed by atoms with Crippen molar-refractivity contribution in [3.05, 3.63) is 66.2 Å². The van der Waals surface area contributed by atoms with Gasteiger partial charge < -0.3 is 20.7 Å². The maximum absolute atomic E-state index is 13.0. The number of nitrogens with zero attached hydrogens (tertiary/aromatic N) is 2. The van der Waals surface area contributed by atoms with E-state index in [1.54, 1.807) is 0 Å². The van der Waals surface area contributed by atoms with Crippen molar-refractivity contribution in [2.75, 3.05) is 38.2 Å². The third-order valence-corrected chi connectivity index (χ3v) is 4.31. The number of nitrogens with two attached hydrogens (primary N) is 1. The molecule has 1 heterocycles. The fourth-order valence-electron chi connectivity index (χ4n) is 2.91. The summed E-state index contributed by atoms with van der Waals surface area (Å²) in [6, 6.07) is 19.3. The second-order valence-corrected chi connectivity index (χ2v) is 6.12. The Balaban J connectivity index is 1.73. The van der Waals surface area contributed by atoms with E-state index in [0.717, 1.165) is 11.3 Å². The Bertz CT molecular complexity index is 728. The molecule has 1 aliphatic rings. The maximum atomic E-state index is 13.0. The van der Waals surface area contributed by atoms with Gasteiger partial charge in [0.2, 0.25) is 5.91 Å². The number of anilines is 1. The summed E-state index contributed by atoms with van der Waals surface area (Å²) in [5, 5.41) is 3.05. The summed E-state index contributed by atoms with van der Waals surface area (Å²) in [6.07, 6.45) is 0. The van der Waals surface area contributed by atoms with Crippen molar-refractivity contribution >= 4 is 17.6 Å². The standard InChI is InChI=1S/C20H24N4O2/c21-20(23-17-9-5-2-6-10-17)22-15-18(16-7-3-1-4-8-16)19(25)24-11-13-26-14-12-24/h1-10,18H,11-15H2,(H3,21,22,23). The van der Waals surface area contributed by atoms with Gasteiger partial charge in [-0.3, -0.25) is 9.79 Å². The van der Waals surface area contributed by atoms with Crippen molar-refractivity contribution < 1.29 is 9.53 Å². The number of carbonyl (C=O) groups excluding carboxylic acids is 1. The van der Waals surface area contributed by atoms with Crippen LogP contribution in [0.15, 0.2) is 65.7 Å². The molecular weight excluding hydrogens is 328 g/mol. The van der Waals surface area contributed by atoms with Crippen LogP contribution in [-0.2, 0) is 9.53 Å². The molecule has 6 nitrogen and oxygen atoms in total. The molecule has 2 aromatic carbocycles. The van der Waals surface area contributed by atoms with Gasteiger partial charge in [-0.1, -0.05) is 48.5 Å². The molecule has 0 saturated carbocycles. The number of nitrogens with one attached hydrogen (secondary N) is 1. The van der Waals surface area contributed by atoms with Crippen LogP contribution < -0.4 is 11.1 Å². The monoisotopic (exact) mass is 352 g/mol. The Morgan fingerprint density at radius 2 is 1.69 bits per heavy atom. The Hall–Kier alpha value is -2.86. The van der Waals surface area contributed by atoms with Crippen LogP contribution in [0.2, 0.25) is 0 Å². The van der Waals surface area contributed by atoms with Crippen LogP contribution >= 0.6 is 0 Å². The molecule has 6 heteroatoms. The largest absolute Gasteiger partial charge is 0.378 e. The number of hydrogen-bond acceptors (Lipinski definition) is 3. The molecule has 1 fully saturated rings. The minimum Gasteiger partial charge on any atom is -0.378 e. The lowest BCUT2D eigenvalue weighted by Crippen LogP contribution is -2.43. The van der Waals surface area contributed by atoms with Crippen LogP contribution in [0.25, 0.3) is 0 Å². The SMILES string of the molecule is NC(=NCC(C(=O)N1CCOCC1)c1ccccc1)Nc1ccccc1. The fraction of sp³-hybridized carbons (Fsp3) is 0.300. The van der Waals surface area contributed by atoms with Gasteiger partial charge in [0.1, 0.15) is 0 Å². The van der Waals surface area contributed by atoms with Crippen LogP contribution in [0.5, 0.6) is 0 Å². The molecule has 1 atom stereocenters. The lowest BCUT2D eigenvalue weighted by atomic mass is 9.97. The lowest BCUT2D eigenvalue weighted by Gasteiger charge is -2.30. The quantitative estimate of drug-likeness (QED) is 0.638. The van der Waals surface area contributed by atoms with Crippen molar-refractivity contribution in [3.8, 4) is 0 Å². The Morgan fingerprint density at radius 3 is 2.35 bits per heavy atom. The van der Waals surface area contributed by atoms with E-state index in [1.165, 1.54) is 0 Å². The molecule has 0 bridgehead atoms. The van der Waals surface area contributed by atoms with E-state index in [9.17, 15) is 4.79 Å². The number of carbonyl (C=O) groups is 1. The predicted octanol–water partition coefficient (Wildman–Crippen LogP) is 2.06. The van der Waals surface area contributed by atoms with Gasteiger partial charge in [-0.15, -0.1) is 0 Å². The number of rotatable bonds is 5. The minimum absolute atomic E-state index is 0.0655. The van der Waals surface area contributed by atoms with Crippen molar-refractivity contribution in [2.24, 2.45) is 10.7 Å². The first-order valence-electron chi connectivity index (χ1n) is 8.77. The molecular formula is C20H24N4O2. The molecule has 0 spiro atoms. The first-order chi connectivity index (χ1) is 12.7. The summed E-state index contributed by atoms with van der Waals surface area (Å²) in [7, 11) is 0. The van der Waals surface area contributed by atoms with Crippen LogP contribution in [0.4, 0.5) is 5.69 Å². The molecule has 0 aliphatic carbocycles. The highest BCUT2D eigenvalue weighted by Gasteiger charge is 2.27. The van der Waals surface area contributed by atoms with E-state index >= 15 is 0 Å². The molecule has 1 amide bonds. The van der Waals surface area contributed by atoms with E-state index in [1.807, 2.05) is 65.6 Å². The zero-order valence-electron chi connectivity index (χ0n) is 14.7. The fourth-order valence-corrected chi connectivity index (χ4v) is 2.91. The molecule has 3 rings (SSSR count). The van der Waals surface area contributed by atoms with Gasteiger partial charge in [0.05, 0.1) is 25.7 Å². The van der Waals surface area contributed by atoms with Crippen molar-refractivity contribution in [1.29, 1.82) is 0 Å². The predicted molar refractivity (Wildman–Crippen MR) is 103 cm³/mol. The highest BCUT2D eigenvalue weighted by atomic mass is 16.5. The number of aliphatic imine (C=N–C) groups is 1. The highest BCUT2D eigenvalue weighted by Crippen LogP contribution is 2.20. The number of hydrogen-bond donors (Lipinski definition) is 2. The molecule has 136 valence electrons. The zero-order chi connectivity index (χ0) is 18.2. The molecule has 1 saturated heterocycles. The van der Waals surface area contributed by atoms with Crippen LogP contribution in [0.1, 0.15) is 11.5 Å². The molecule has 1 aliphatic heterocycles. The van der Waals surface area contributed by atoms with Crippen molar-refractivity contribution in [3.63, 3.8) is 0 Å². The van der Waals surface area contributed by atoms with Gasteiger partial charge in [-0.05, 0) is 17.7 Å². The third kappa shape index (κ3) is 4.83. The molecule has 0 aromatic heterocycles. The Labute approximate surface area is 153 Å². The molecule has 2 aromatic rings. The number of guanidine groups is 1. The van der Waals surface area contributed by atoms with Gasteiger partial charge in [-0.25, -0.2) is 0 Å². The van der Waals surface area contributed by atoms with Crippen molar-refractivity contribution in [2.45, 2.75) is 5.92 Å². The summed E-state index contributed by atoms with van der Waals surface area (Å²) < 4.78 is 5.35. The van der Waals surface area contributed by atoms with Gasteiger partial charge >= 0.3 is 0 Å². The van der Waals surface area contributed by atoms with E-state index in [4.69, 9.17) is 10.5 Å². The third-order valence-electron chi connectivity index (χ3n) is 4.31. The number of ether oxygens (including phenoxy) is 1. The summed E-state index contributed by atoms with van der Waals surface area (Å²) in [4.78, 5) is 19.3. The minimum atomic E-state index is -0.356. The molecule has 1 unspecified atom stereocenters. The van der Waals surface area contributed by atoms with E-state index in [2.05, 4.69) is 10.3 Å². The number of para-hydroxylation sites is 1. The maximum Gasteiger partial charge on any atom is 0.232 e. The normalized spacial score (nSPS) is 16.2. The zero-order valence-corrected chi connectivity index (χ0v) is 14.7. The van der Waals surface area contributed by atoms with Crippen molar-refractivity contribution in [1.82, 2.24) is 4.90 Å². The Kier molecular flexibility index (Phi) is 6.22. The average Bonchev–Trinajstić information content (AvgIpc) is 2.70. The molecule has 0 radical (unpaired) electrons. The first kappa shape index (κ1) is 17.9. The summed E-state index contributed by atoms with van der Waals surface area (Å²) >= 11 is 0. The molecule has 26 heavy (non-hydrogen) atoms. The van der Waals surface area contributed by atoms with E-state index in [-0.39, 0.29) is 11.8 Å². The smallest absolute Gasteiger partial charge is 0.232 e. The summed E-state index contributed by atoms with van der Waals surface area (Å²) in [5.74, 6) is 0.00749. The van der Waals surface area contributed by atoms with Crippen LogP contribution in [0, 0.1) is 0 Å². The van der Waals surface area contributed by atoms with Gasteiger partial charge in [-0.2, -0.15) is 0 Å². The Morgan fingerprint density at radius 1 is 1.08 bits per heavy atom. The highest BCUT2D eigenvalue weighted by molar-refractivity contribution is 5.92. The van der Waals surface area contributed by atoms with E-state index in [0.29, 0.717) is 38.8 Å². The summed E-state index contributed by atoms with van der Waals surface area (Å²) in [6.45, 7) is 2.68. The van der Waals surface area contributed by atoms with Gasteiger partial charge in [0.25, 0.3) is 0 Å². The first-order valence-corrected chi connectivity index (χ1v) is 8.77. The lowest BCUT2D eigenvalue weighted by molar-refractivity contribution is -0.136. The van der Waals surface area contributed by atoms with Crippen LogP contribution in [0.3, 0.4) is 0 Å². The summed E-state index contributed by atoms with van der Waals surface area (Å²) in [5.41, 5.74) is 7.81. The molecule has 3 N–H and O–H groups in total. The number of benzene rings is 2. The second-order valence-electron chi connectivity index (χ2n) is 6.12. The number of amides is 1. The van der Waals surface area contributed by atoms with Gasteiger partial charge in [0.15, 0.2) is 5.96 Å². The van der Waals surface area contributed by atoms with Gasteiger partial charge in [0, 0.05) is 18.8 Å². The van der Waals surface area contributed by atoms with E-state index < -0.39 is 0 Å².